The van der Waals surface area contributed by atoms with Crippen molar-refractivity contribution in [2.45, 2.75) is 12.3 Å². The Morgan fingerprint density at radius 3 is 2.44 bits per heavy atom. The zero-order valence-electron chi connectivity index (χ0n) is 9.71. The first kappa shape index (κ1) is 12.8. The van der Waals surface area contributed by atoms with Gasteiger partial charge in [-0.3, -0.25) is 4.79 Å². The highest BCUT2D eigenvalue weighted by Gasteiger charge is 2.19. The summed E-state index contributed by atoms with van der Waals surface area (Å²) in [5, 5.41) is 9.35. The average Bonchev–Trinajstić information content (AvgIpc) is 2.37. The van der Waals surface area contributed by atoms with Crippen LogP contribution in [-0.2, 0) is 11.2 Å². The highest BCUT2D eigenvalue weighted by molar-refractivity contribution is 9.10. The standard InChI is InChI=1S/C15H13BrO2/c16-13-8-4-5-11(9-13)10-14(15(17)18)12-6-2-1-3-7-12/h1-9,14H,10H2,(H,17,18). The van der Waals surface area contributed by atoms with E-state index >= 15 is 0 Å². The van der Waals surface area contributed by atoms with Crippen molar-refractivity contribution in [2.24, 2.45) is 0 Å². The maximum absolute atomic E-state index is 11.4. The minimum atomic E-state index is -0.791. The highest BCUT2D eigenvalue weighted by atomic mass is 79.9. The summed E-state index contributed by atoms with van der Waals surface area (Å²) in [6.07, 6.45) is 0.499. The molecule has 0 aliphatic carbocycles. The van der Waals surface area contributed by atoms with Gasteiger partial charge in [0.2, 0.25) is 0 Å². The number of halogens is 1. The summed E-state index contributed by atoms with van der Waals surface area (Å²) in [6.45, 7) is 0. The van der Waals surface area contributed by atoms with Crippen LogP contribution in [-0.4, -0.2) is 11.1 Å². The quantitative estimate of drug-likeness (QED) is 0.931. The maximum Gasteiger partial charge on any atom is 0.311 e. The van der Waals surface area contributed by atoms with Gasteiger partial charge in [-0.25, -0.2) is 0 Å². The zero-order valence-corrected chi connectivity index (χ0v) is 11.3. The lowest BCUT2D eigenvalue weighted by atomic mass is 9.92. The summed E-state index contributed by atoms with van der Waals surface area (Å²) in [7, 11) is 0. The van der Waals surface area contributed by atoms with E-state index in [1.807, 2.05) is 54.6 Å². The Labute approximate surface area is 114 Å². The molecule has 0 heterocycles. The number of benzene rings is 2. The number of hydrogen-bond donors (Lipinski definition) is 1. The van der Waals surface area contributed by atoms with Gasteiger partial charge in [0.1, 0.15) is 0 Å². The first-order valence-electron chi connectivity index (χ1n) is 5.69. The summed E-state index contributed by atoms with van der Waals surface area (Å²) in [4.78, 5) is 11.4. The molecule has 0 radical (unpaired) electrons. The SMILES string of the molecule is O=C(O)C(Cc1cccc(Br)c1)c1ccccc1. The molecule has 0 aromatic heterocycles. The highest BCUT2D eigenvalue weighted by Crippen LogP contribution is 2.22. The second-order valence-corrected chi connectivity index (χ2v) is 5.05. The molecular formula is C15H13BrO2. The van der Waals surface area contributed by atoms with Crippen LogP contribution in [0.2, 0.25) is 0 Å². The third-order valence-corrected chi connectivity index (χ3v) is 3.32. The first-order valence-corrected chi connectivity index (χ1v) is 6.48. The van der Waals surface area contributed by atoms with Gasteiger partial charge < -0.3 is 5.11 Å². The lowest BCUT2D eigenvalue weighted by Crippen LogP contribution is -2.14. The van der Waals surface area contributed by atoms with Crippen molar-refractivity contribution in [1.29, 1.82) is 0 Å². The summed E-state index contributed by atoms with van der Waals surface area (Å²) in [5.74, 6) is -1.29. The van der Waals surface area contributed by atoms with Gasteiger partial charge in [0.05, 0.1) is 5.92 Å². The zero-order chi connectivity index (χ0) is 13.0. The molecule has 2 aromatic rings. The third-order valence-electron chi connectivity index (χ3n) is 2.83. The van der Waals surface area contributed by atoms with Gasteiger partial charge in [-0.15, -0.1) is 0 Å². The van der Waals surface area contributed by atoms with Crippen molar-refractivity contribution in [1.82, 2.24) is 0 Å². The molecule has 92 valence electrons. The van der Waals surface area contributed by atoms with Crippen LogP contribution >= 0.6 is 15.9 Å². The second kappa shape index (κ2) is 5.83. The maximum atomic E-state index is 11.4. The van der Waals surface area contributed by atoms with Gasteiger partial charge in [-0.2, -0.15) is 0 Å². The molecule has 0 aliphatic heterocycles. The molecule has 0 fully saturated rings. The van der Waals surface area contributed by atoms with Crippen LogP contribution in [0.4, 0.5) is 0 Å². The van der Waals surface area contributed by atoms with Crippen LogP contribution in [0.25, 0.3) is 0 Å². The van der Waals surface area contributed by atoms with Crippen molar-refractivity contribution in [3.05, 3.63) is 70.2 Å². The molecule has 0 bridgehead atoms. The van der Waals surface area contributed by atoms with E-state index in [9.17, 15) is 9.90 Å². The predicted molar refractivity (Wildman–Crippen MR) is 74.7 cm³/mol. The fraction of sp³-hybridized carbons (Fsp3) is 0.133. The summed E-state index contributed by atoms with van der Waals surface area (Å²) in [5.41, 5.74) is 1.85. The van der Waals surface area contributed by atoms with Crippen molar-refractivity contribution < 1.29 is 9.90 Å². The number of carbonyl (C=O) groups is 1. The first-order chi connectivity index (χ1) is 8.66. The Morgan fingerprint density at radius 1 is 1.11 bits per heavy atom. The van der Waals surface area contributed by atoms with E-state index in [0.29, 0.717) is 6.42 Å². The minimum absolute atomic E-state index is 0.499. The van der Waals surface area contributed by atoms with Gasteiger partial charge in [0, 0.05) is 4.47 Å². The Kier molecular flexibility index (Phi) is 4.15. The smallest absolute Gasteiger partial charge is 0.311 e. The monoisotopic (exact) mass is 304 g/mol. The fourth-order valence-corrected chi connectivity index (χ4v) is 2.38. The van der Waals surface area contributed by atoms with E-state index in [1.54, 1.807) is 0 Å². The van der Waals surface area contributed by atoms with Crippen LogP contribution in [0, 0.1) is 0 Å². The van der Waals surface area contributed by atoms with Crippen LogP contribution in [0.15, 0.2) is 59.1 Å². The second-order valence-electron chi connectivity index (χ2n) is 4.14. The molecule has 0 amide bonds. The predicted octanol–water partition coefficient (Wildman–Crippen LogP) is 3.86. The third kappa shape index (κ3) is 3.20. The Bertz CT molecular complexity index is 537. The van der Waals surface area contributed by atoms with E-state index in [0.717, 1.165) is 15.6 Å². The fourth-order valence-electron chi connectivity index (χ4n) is 1.93. The number of aliphatic carboxylic acids is 1. The van der Waals surface area contributed by atoms with E-state index in [2.05, 4.69) is 15.9 Å². The van der Waals surface area contributed by atoms with Crippen LogP contribution in [0.5, 0.6) is 0 Å². The molecule has 18 heavy (non-hydrogen) atoms. The number of carboxylic acid groups (broad SMARTS) is 1. The molecule has 2 nitrogen and oxygen atoms in total. The van der Waals surface area contributed by atoms with Crippen LogP contribution < -0.4 is 0 Å². The Balaban J connectivity index is 2.25. The van der Waals surface area contributed by atoms with Gasteiger partial charge in [-0.05, 0) is 29.7 Å². The largest absolute Gasteiger partial charge is 0.481 e. The molecule has 2 aromatic carbocycles. The van der Waals surface area contributed by atoms with E-state index in [4.69, 9.17) is 0 Å². The van der Waals surface area contributed by atoms with Gasteiger partial charge in [-0.1, -0.05) is 58.4 Å². The Hall–Kier alpha value is -1.61. The topological polar surface area (TPSA) is 37.3 Å². The molecule has 0 saturated carbocycles. The average molecular weight is 305 g/mol. The molecule has 0 spiro atoms. The number of hydrogen-bond acceptors (Lipinski definition) is 1. The van der Waals surface area contributed by atoms with Gasteiger partial charge in [0.15, 0.2) is 0 Å². The molecule has 0 aliphatic rings. The molecule has 3 heteroatoms. The van der Waals surface area contributed by atoms with Crippen molar-refractivity contribution >= 4 is 21.9 Å². The van der Waals surface area contributed by atoms with E-state index in [1.165, 1.54) is 0 Å². The van der Waals surface area contributed by atoms with Crippen molar-refractivity contribution in [2.75, 3.05) is 0 Å². The normalized spacial score (nSPS) is 12.1. The van der Waals surface area contributed by atoms with Gasteiger partial charge >= 0.3 is 5.97 Å². The van der Waals surface area contributed by atoms with Crippen LogP contribution in [0.1, 0.15) is 17.0 Å². The van der Waals surface area contributed by atoms with Crippen molar-refractivity contribution in [3.63, 3.8) is 0 Å². The lowest BCUT2D eigenvalue weighted by Gasteiger charge is -2.13. The number of rotatable bonds is 4. The Morgan fingerprint density at radius 2 is 1.83 bits per heavy atom. The summed E-state index contributed by atoms with van der Waals surface area (Å²) >= 11 is 3.40. The molecule has 1 N–H and O–H groups in total. The molecule has 2 rings (SSSR count). The number of carboxylic acids is 1. The van der Waals surface area contributed by atoms with Crippen molar-refractivity contribution in [3.8, 4) is 0 Å². The molecular weight excluding hydrogens is 292 g/mol. The summed E-state index contributed by atoms with van der Waals surface area (Å²) < 4.78 is 0.970. The lowest BCUT2D eigenvalue weighted by molar-refractivity contribution is -0.138. The van der Waals surface area contributed by atoms with Gasteiger partial charge in [0.25, 0.3) is 0 Å². The van der Waals surface area contributed by atoms with E-state index in [-0.39, 0.29) is 0 Å². The van der Waals surface area contributed by atoms with Crippen LogP contribution in [0.3, 0.4) is 0 Å². The minimum Gasteiger partial charge on any atom is -0.481 e. The molecule has 0 saturated heterocycles. The molecule has 1 atom stereocenters. The van der Waals surface area contributed by atoms with E-state index < -0.39 is 11.9 Å². The molecule has 1 unspecified atom stereocenters. The summed E-state index contributed by atoms with van der Waals surface area (Å²) in [6, 6.07) is 17.1.